The lowest BCUT2D eigenvalue weighted by Gasteiger charge is -2.32. The number of carbonyl (C=O) groups excluding carboxylic acids is 1. The number of oxazole rings is 1. The van der Waals surface area contributed by atoms with E-state index in [2.05, 4.69) is 20.9 Å². The number of aliphatic hydroxyl groups is 1. The number of amides is 1. The molecule has 8 atom stereocenters. The molecule has 0 spiro atoms. The van der Waals surface area contributed by atoms with Gasteiger partial charge in [0.25, 0.3) is 6.01 Å². The predicted octanol–water partition coefficient (Wildman–Crippen LogP) is 2.18. The number of fused-ring (bicyclic) bond motifs is 2. The minimum atomic E-state index is -4.08. The standard InChI is InChI=1S/C32H41N5O8S/c1-33-31-35-25-8-7-22(13-28(25)44-31)46(40,41)37(15-20-9-10-34-14-20)16-27(38)26(11-19-5-3-2-4-6-19)36-32(39)45-29-21-12-23-24(29)18-43-30(23)42-17-21/h2-8,13,20-21,23-24,26-27,29-30,34,38H,9-12,14-18H2,1H3,(H,33,35)(H,36,39)/t20?,21?,23?,24?,26-,27+,29?,30?/m0/s1. The van der Waals surface area contributed by atoms with Crippen LogP contribution >= 0.6 is 0 Å². The lowest BCUT2D eigenvalue weighted by atomic mass is 9.98. The average Bonchev–Trinajstić information content (AvgIpc) is 3.85. The quantitative estimate of drug-likeness (QED) is 0.226. The van der Waals surface area contributed by atoms with Crippen molar-refractivity contribution in [3.05, 3.63) is 54.1 Å². The van der Waals surface area contributed by atoms with Gasteiger partial charge in [0.1, 0.15) is 11.6 Å². The van der Waals surface area contributed by atoms with Crippen LogP contribution in [0.25, 0.3) is 11.1 Å². The van der Waals surface area contributed by atoms with E-state index in [-0.39, 0.29) is 66.5 Å². The van der Waals surface area contributed by atoms with E-state index in [4.69, 9.17) is 18.6 Å². The van der Waals surface area contributed by atoms with E-state index >= 15 is 0 Å². The number of hydrogen-bond acceptors (Lipinski definition) is 11. The van der Waals surface area contributed by atoms with Crippen molar-refractivity contribution >= 4 is 33.2 Å². The van der Waals surface area contributed by atoms with E-state index < -0.39 is 28.3 Å². The first-order chi connectivity index (χ1) is 22.3. The molecule has 7 rings (SSSR count). The molecule has 1 saturated carbocycles. The molecule has 14 heteroatoms. The van der Waals surface area contributed by atoms with Crippen LogP contribution in [-0.4, -0.2) is 99.9 Å². The van der Waals surface area contributed by atoms with Crippen LogP contribution < -0.4 is 16.0 Å². The van der Waals surface area contributed by atoms with Gasteiger partial charge in [0.05, 0.1) is 30.3 Å². The van der Waals surface area contributed by atoms with Gasteiger partial charge >= 0.3 is 6.09 Å². The van der Waals surface area contributed by atoms with Gasteiger partial charge in [-0.15, -0.1) is 0 Å². The molecule has 1 aromatic heterocycles. The molecular formula is C32H41N5O8S. The topological polar surface area (TPSA) is 164 Å². The summed E-state index contributed by atoms with van der Waals surface area (Å²) in [6.45, 7) is 2.41. The van der Waals surface area contributed by atoms with E-state index in [1.165, 1.54) is 16.4 Å². The van der Waals surface area contributed by atoms with Crippen molar-refractivity contribution in [3.8, 4) is 0 Å². The van der Waals surface area contributed by atoms with Gasteiger partial charge in [0, 0.05) is 44.0 Å². The van der Waals surface area contributed by atoms with Gasteiger partial charge in [-0.2, -0.15) is 9.29 Å². The number of rotatable bonds is 12. The maximum Gasteiger partial charge on any atom is 0.407 e. The van der Waals surface area contributed by atoms with Gasteiger partial charge in [0.15, 0.2) is 11.9 Å². The number of anilines is 1. The van der Waals surface area contributed by atoms with Crippen LogP contribution in [-0.2, 0) is 30.7 Å². The van der Waals surface area contributed by atoms with Crippen molar-refractivity contribution < 1.29 is 36.9 Å². The summed E-state index contributed by atoms with van der Waals surface area (Å²) in [7, 11) is -2.41. The zero-order valence-electron chi connectivity index (χ0n) is 25.7. The Bertz CT molecular complexity index is 1630. The minimum absolute atomic E-state index is 0.0376. The second kappa shape index (κ2) is 13.1. The van der Waals surface area contributed by atoms with Crippen molar-refractivity contribution in [2.24, 2.45) is 23.7 Å². The zero-order valence-corrected chi connectivity index (χ0v) is 26.5. The highest BCUT2D eigenvalue weighted by atomic mass is 32.2. The fourth-order valence-corrected chi connectivity index (χ4v) is 8.95. The molecule has 13 nitrogen and oxygen atoms in total. The second-order valence-electron chi connectivity index (χ2n) is 12.8. The zero-order chi connectivity index (χ0) is 31.8. The Balaban J connectivity index is 1.12. The fraction of sp³-hybridized carbons (Fsp3) is 0.562. The number of benzene rings is 2. The Morgan fingerprint density at radius 2 is 2.00 bits per heavy atom. The maximum atomic E-state index is 14.2. The van der Waals surface area contributed by atoms with Crippen molar-refractivity contribution in [1.82, 2.24) is 19.9 Å². The Labute approximate surface area is 268 Å². The van der Waals surface area contributed by atoms with Crippen molar-refractivity contribution in [1.29, 1.82) is 0 Å². The SMILES string of the molecule is CNc1nc2ccc(S(=O)(=O)N(CC3CCNC3)C[C@@H](O)[C@H](Cc3ccccc3)NC(=O)OC3C4COC5OCC3C5C4)cc2o1. The molecule has 0 radical (unpaired) electrons. The highest BCUT2D eigenvalue weighted by Crippen LogP contribution is 2.49. The third kappa shape index (κ3) is 6.34. The summed E-state index contributed by atoms with van der Waals surface area (Å²) in [6.07, 6.45) is -0.481. The Hall–Kier alpha value is -3.27. The van der Waals surface area contributed by atoms with E-state index in [0.717, 1.165) is 24.9 Å². The number of sulfonamides is 1. The van der Waals surface area contributed by atoms with Crippen LogP contribution in [0.15, 0.2) is 57.8 Å². The first kappa shape index (κ1) is 31.3. The molecule has 2 aromatic carbocycles. The number of carbonyl (C=O) groups is 1. The molecule has 1 amide bonds. The van der Waals surface area contributed by atoms with E-state index in [1.54, 1.807) is 13.1 Å². The molecule has 1 aliphatic carbocycles. The maximum absolute atomic E-state index is 14.2. The first-order valence-corrected chi connectivity index (χ1v) is 17.4. The molecule has 46 heavy (non-hydrogen) atoms. The molecule has 4 N–H and O–H groups in total. The second-order valence-corrected chi connectivity index (χ2v) is 14.8. The summed E-state index contributed by atoms with van der Waals surface area (Å²) in [5.41, 5.74) is 1.74. The molecule has 6 unspecified atom stereocenters. The highest BCUT2D eigenvalue weighted by Gasteiger charge is 2.56. The largest absolute Gasteiger partial charge is 0.445 e. The lowest BCUT2D eigenvalue weighted by Crippen LogP contribution is -2.52. The van der Waals surface area contributed by atoms with Gasteiger partial charge in [-0.25, -0.2) is 13.2 Å². The number of ether oxygens (including phenoxy) is 3. The van der Waals surface area contributed by atoms with Crippen molar-refractivity contribution in [2.45, 2.75) is 48.7 Å². The van der Waals surface area contributed by atoms with E-state index in [0.29, 0.717) is 30.9 Å². The van der Waals surface area contributed by atoms with Gasteiger partial charge in [-0.05, 0) is 56.0 Å². The van der Waals surface area contributed by atoms with Gasteiger partial charge in [0.2, 0.25) is 10.0 Å². The normalized spacial score (nSPS) is 28.4. The minimum Gasteiger partial charge on any atom is -0.445 e. The Morgan fingerprint density at radius 3 is 2.78 bits per heavy atom. The van der Waals surface area contributed by atoms with Crippen LogP contribution in [0.2, 0.25) is 0 Å². The lowest BCUT2D eigenvalue weighted by molar-refractivity contribution is -0.169. The fourth-order valence-electron chi connectivity index (χ4n) is 7.40. The summed E-state index contributed by atoms with van der Waals surface area (Å²) in [4.78, 5) is 17.7. The van der Waals surface area contributed by atoms with Crippen LogP contribution in [0.3, 0.4) is 0 Å². The molecule has 4 fully saturated rings. The van der Waals surface area contributed by atoms with Crippen LogP contribution in [0.4, 0.5) is 10.8 Å². The molecular weight excluding hydrogens is 614 g/mol. The molecule has 3 saturated heterocycles. The average molecular weight is 656 g/mol. The molecule has 2 bridgehead atoms. The van der Waals surface area contributed by atoms with Gasteiger partial charge in [-0.3, -0.25) is 0 Å². The van der Waals surface area contributed by atoms with E-state index in [1.807, 2.05) is 30.3 Å². The Kier molecular flexibility index (Phi) is 8.92. The summed E-state index contributed by atoms with van der Waals surface area (Å²) in [6, 6.07) is 13.5. The molecule has 4 aliphatic rings. The first-order valence-electron chi connectivity index (χ1n) is 16.0. The number of nitrogens with zero attached hydrogens (tertiary/aromatic N) is 2. The van der Waals surface area contributed by atoms with E-state index in [9.17, 15) is 18.3 Å². The third-order valence-electron chi connectivity index (χ3n) is 9.82. The van der Waals surface area contributed by atoms with Gasteiger partial charge in [-0.1, -0.05) is 30.3 Å². The predicted molar refractivity (Wildman–Crippen MR) is 167 cm³/mol. The van der Waals surface area contributed by atoms with Crippen LogP contribution in [0.1, 0.15) is 18.4 Å². The summed E-state index contributed by atoms with van der Waals surface area (Å²) in [5.74, 6) is 0.461. The number of aromatic nitrogens is 1. The molecule has 4 heterocycles. The highest BCUT2D eigenvalue weighted by molar-refractivity contribution is 7.89. The smallest absolute Gasteiger partial charge is 0.407 e. The van der Waals surface area contributed by atoms with Crippen molar-refractivity contribution in [2.75, 3.05) is 51.8 Å². The summed E-state index contributed by atoms with van der Waals surface area (Å²) >= 11 is 0. The number of nitrogens with one attached hydrogen (secondary N) is 3. The number of hydrogen-bond donors (Lipinski definition) is 4. The summed E-state index contributed by atoms with van der Waals surface area (Å²) in [5, 5.41) is 20.7. The Morgan fingerprint density at radius 1 is 1.17 bits per heavy atom. The number of aliphatic hydroxyl groups excluding tert-OH is 1. The van der Waals surface area contributed by atoms with Gasteiger partial charge < -0.3 is 39.7 Å². The van der Waals surface area contributed by atoms with Crippen LogP contribution in [0.5, 0.6) is 0 Å². The summed E-state index contributed by atoms with van der Waals surface area (Å²) < 4.78 is 52.9. The molecule has 248 valence electrons. The van der Waals surface area contributed by atoms with Crippen molar-refractivity contribution in [3.63, 3.8) is 0 Å². The molecule has 3 aromatic rings. The van der Waals surface area contributed by atoms with Crippen LogP contribution in [0, 0.1) is 23.7 Å². The third-order valence-corrected chi connectivity index (χ3v) is 11.7. The number of alkyl carbamates (subject to hydrolysis) is 1. The monoisotopic (exact) mass is 655 g/mol. The molecule has 3 aliphatic heterocycles.